The van der Waals surface area contributed by atoms with Gasteiger partial charge in [-0.3, -0.25) is 14.2 Å². The lowest BCUT2D eigenvalue weighted by molar-refractivity contribution is -0.120. The molecule has 0 saturated carbocycles. The van der Waals surface area contributed by atoms with Crippen molar-refractivity contribution in [1.29, 1.82) is 0 Å². The number of carbonyl (C=O) groups excluding carboxylic acids is 2. The topological polar surface area (TPSA) is 78.8 Å². The number of halogens is 1. The summed E-state index contributed by atoms with van der Waals surface area (Å²) in [6.45, 7) is 2.31. The van der Waals surface area contributed by atoms with Crippen molar-refractivity contribution in [3.63, 3.8) is 0 Å². The van der Waals surface area contributed by atoms with Gasteiger partial charge in [0.1, 0.15) is 5.75 Å². The maximum Gasteiger partial charge on any atom is 0.262 e. The van der Waals surface area contributed by atoms with Gasteiger partial charge < -0.3 is 19.5 Å². The molecule has 0 unspecified atom stereocenters. The molecule has 0 atom stereocenters. The first kappa shape index (κ1) is 26.1. The van der Waals surface area contributed by atoms with Crippen LogP contribution in [0.5, 0.6) is 17.2 Å². The standard InChI is InChI=1S/C29H29ClN2O5/c1-18-23(17-28(33)31-14-13-19-5-12-26(36-3)27(15-19)37-4)24-16-22(35-2)10-11-25(24)32(18)29(34)20-6-8-21(30)9-7-20/h5-12,15-16H,13-14,17H2,1-4H3,(H,31,33). The van der Waals surface area contributed by atoms with Gasteiger partial charge in [0.2, 0.25) is 5.91 Å². The number of amides is 1. The van der Waals surface area contributed by atoms with Crippen LogP contribution in [0, 0.1) is 6.92 Å². The van der Waals surface area contributed by atoms with E-state index in [1.54, 1.807) is 56.2 Å². The van der Waals surface area contributed by atoms with E-state index in [-0.39, 0.29) is 18.2 Å². The Morgan fingerprint density at radius 1 is 0.892 bits per heavy atom. The van der Waals surface area contributed by atoms with Gasteiger partial charge in [-0.25, -0.2) is 0 Å². The van der Waals surface area contributed by atoms with Crippen molar-refractivity contribution in [1.82, 2.24) is 9.88 Å². The highest BCUT2D eigenvalue weighted by molar-refractivity contribution is 6.30. The van der Waals surface area contributed by atoms with Crippen molar-refractivity contribution in [2.45, 2.75) is 19.8 Å². The van der Waals surface area contributed by atoms with Crippen LogP contribution in [0.3, 0.4) is 0 Å². The van der Waals surface area contributed by atoms with Crippen molar-refractivity contribution in [3.8, 4) is 17.2 Å². The molecule has 0 radical (unpaired) electrons. The highest BCUT2D eigenvalue weighted by Gasteiger charge is 2.22. The first-order valence-electron chi connectivity index (χ1n) is 11.8. The van der Waals surface area contributed by atoms with Crippen LogP contribution in [-0.2, 0) is 17.6 Å². The number of ether oxygens (including phenoxy) is 3. The monoisotopic (exact) mass is 520 g/mol. The number of fused-ring (bicyclic) bond motifs is 1. The Kier molecular flexibility index (Phi) is 8.04. The van der Waals surface area contributed by atoms with Crippen molar-refractivity contribution < 1.29 is 23.8 Å². The highest BCUT2D eigenvalue weighted by atomic mass is 35.5. The molecule has 3 aromatic carbocycles. The summed E-state index contributed by atoms with van der Waals surface area (Å²) < 4.78 is 17.7. The minimum absolute atomic E-state index is 0.127. The quantitative estimate of drug-likeness (QED) is 0.327. The second-order valence-corrected chi connectivity index (χ2v) is 9.00. The first-order valence-corrected chi connectivity index (χ1v) is 12.2. The van der Waals surface area contributed by atoms with Crippen LogP contribution < -0.4 is 19.5 Å². The number of hydrogen-bond acceptors (Lipinski definition) is 5. The van der Waals surface area contributed by atoms with Crippen molar-refractivity contribution in [2.75, 3.05) is 27.9 Å². The number of carbonyl (C=O) groups is 2. The molecular formula is C29H29ClN2O5. The lowest BCUT2D eigenvalue weighted by Gasteiger charge is -2.10. The van der Waals surface area contributed by atoms with Gasteiger partial charge in [-0.05, 0) is 79.1 Å². The van der Waals surface area contributed by atoms with E-state index in [4.69, 9.17) is 25.8 Å². The van der Waals surface area contributed by atoms with Gasteiger partial charge in [-0.2, -0.15) is 0 Å². The van der Waals surface area contributed by atoms with Crippen molar-refractivity contribution in [3.05, 3.63) is 88.1 Å². The number of aromatic nitrogens is 1. The smallest absolute Gasteiger partial charge is 0.262 e. The molecule has 8 heteroatoms. The summed E-state index contributed by atoms with van der Waals surface area (Å²) in [5.41, 5.74) is 3.72. The Balaban J connectivity index is 1.56. The van der Waals surface area contributed by atoms with Crippen molar-refractivity contribution >= 4 is 34.3 Å². The molecule has 7 nitrogen and oxygen atoms in total. The van der Waals surface area contributed by atoms with Gasteiger partial charge in [0.15, 0.2) is 11.5 Å². The third-order valence-corrected chi connectivity index (χ3v) is 6.61. The Morgan fingerprint density at radius 2 is 1.62 bits per heavy atom. The Labute approximate surface area is 220 Å². The Bertz CT molecular complexity index is 1440. The van der Waals surface area contributed by atoms with E-state index in [0.717, 1.165) is 16.5 Å². The van der Waals surface area contributed by atoms with Crippen LogP contribution >= 0.6 is 11.6 Å². The predicted octanol–water partition coefficient (Wildman–Crippen LogP) is 5.22. The zero-order chi connectivity index (χ0) is 26.5. The fraction of sp³-hybridized carbons (Fsp3) is 0.241. The van der Waals surface area contributed by atoms with E-state index >= 15 is 0 Å². The SMILES string of the molecule is COc1ccc2c(c1)c(CC(=O)NCCc1ccc(OC)c(OC)c1)c(C)n2C(=O)c1ccc(Cl)cc1. The molecule has 37 heavy (non-hydrogen) atoms. The van der Waals surface area contributed by atoms with Crippen LogP contribution in [0.4, 0.5) is 0 Å². The first-order chi connectivity index (χ1) is 17.9. The molecule has 0 fully saturated rings. The summed E-state index contributed by atoms with van der Waals surface area (Å²) in [5, 5.41) is 4.35. The van der Waals surface area contributed by atoms with Crippen LogP contribution in [0.15, 0.2) is 60.7 Å². The number of benzene rings is 3. The van der Waals surface area contributed by atoms with E-state index in [1.807, 2.05) is 37.3 Å². The summed E-state index contributed by atoms with van der Waals surface area (Å²) in [6.07, 6.45) is 0.762. The van der Waals surface area contributed by atoms with Gasteiger partial charge >= 0.3 is 0 Å². The molecule has 0 aliphatic carbocycles. The molecule has 0 aliphatic heterocycles. The molecule has 0 bridgehead atoms. The lowest BCUT2D eigenvalue weighted by atomic mass is 10.1. The zero-order valence-electron chi connectivity index (χ0n) is 21.3. The van der Waals surface area contributed by atoms with Gasteiger partial charge in [0, 0.05) is 28.2 Å². The van der Waals surface area contributed by atoms with E-state index in [1.165, 1.54) is 0 Å². The summed E-state index contributed by atoms with van der Waals surface area (Å²) in [6, 6.07) is 18.0. The highest BCUT2D eigenvalue weighted by Crippen LogP contribution is 2.31. The molecule has 0 aliphatic rings. The molecule has 0 spiro atoms. The molecule has 4 rings (SSSR count). The summed E-state index contributed by atoms with van der Waals surface area (Å²) >= 11 is 6.00. The third-order valence-electron chi connectivity index (χ3n) is 6.36. The summed E-state index contributed by atoms with van der Waals surface area (Å²) in [4.78, 5) is 26.4. The normalized spacial score (nSPS) is 10.8. The molecule has 192 valence electrons. The molecule has 1 N–H and O–H groups in total. The number of hydrogen-bond donors (Lipinski definition) is 1. The number of rotatable bonds is 9. The minimum Gasteiger partial charge on any atom is -0.497 e. The van der Waals surface area contributed by atoms with E-state index in [2.05, 4.69) is 5.32 Å². The van der Waals surface area contributed by atoms with E-state index < -0.39 is 0 Å². The van der Waals surface area contributed by atoms with Gasteiger partial charge in [-0.15, -0.1) is 0 Å². The fourth-order valence-electron chi connectivity index (χ4n) is 4.40. The number of nitrogens with one attached hydrogen (secondary N) is 1. The fourth-order valence-corrected chi connectivity index (χ4v) is 4.53. The average molecular weight is 521 g/mol. The largest absolute Gasteiger partial charge is 0.497 e. The average Bonchev–Trinajstić information content (AvgIpc) is 3.18. The van der Waals surface area contributed by atoms with Gasteiger partial charge in [0.05, 0.1) is 33.3 Å². The summed E-state index contributed by atoms with van der Waals surface area (Å²) in [7, 11) is 4.77. The van der Waals surface area contributed by atoms with Crippen LogP contribution in [-0.4, -0.2) is 44.3 Å². The molecule has 1 amide bonds. The van der Waals surface area contributed by atoms with E-state index in [0.29, 0.717) is 52.0 Å². The molecule has 1 heterocycles. The maximum atomic E-state index is 13.4. The van der Waals surface area contributed by atoms with Gasteiger partial charge in [-0.1, -0.05) is 17.7 Å². The Hall–Kier alpha value is -3.97. The second kappa shape index (κ2) is 11.4. The van der Waals surface area contributed by atoms with Crippen molar-refractivity contribution in [2.24, 2.45) is 0 Å². The number of methoxy groups -OCH3 is 3. The molecule has 4 aromatic rings. The second-order valence-electron chi connectivity index (χ2n) is 8.56. The zero-order valence-corrected chi connectivity index (χ0v) is 22.0. The predicted molar refractivity (Wildman–Crippen MR) is 144 cm³/mol. The lowest BCUT2D eigenvalue weighted by Crippen LogP contribution is -2.27. The molecule has 0 saturated heterocycles. The maximum absolute atomic E-state index is 13.4. The third kappa shape index (κ3) is 5.57. The number of nitrogens with zero attached hydrogens (tertiary/aromatic N) is 1. The van der Waals surface area contributed by atoms with Crippen LogP contribution in [0.25, 0.3) is 10.9 Å². The van der Waals surface area contributed by atoms with E-state index in [9.17, 15) is 9.59 Å². The molecule has 1 aromatic heterocycles. The van der Waals surface area contributed by atoms with Crippen LogP contribution in [0.2, 0.25) is 5.02 Å². The summed E-state index contributed by atoms with van der Waals surface area (Å²) in [5.74, 6) is 1.63. The molecular weight excluding hydrogens is 492 g/mol. The minimum atomic E-state index is -0.190. The Morgan fingerprint density at radius 3 is 2.30 bits per heavy atom. The van der Waals surface area contributed by atoms with Crippen LogP contribution in [0.1, 0.15) is 27.2 Å². The van der Waals surface area contributed by atoms with Gasteiger partial charge in [0.25, 0.3) is 5.91 Å².